The zero-order valence-corrected chi connectivity index (χ0v) is 12.7. The van der Waals surface area contributed by atoms with Crippen molar-refractivity contribution in [3.63, 3.8) is 0 Å². The van der Waals surface area contributed by atoms with Crippen LogP contribution in [-0.4, -0.2) is 23.1 Å². The van der Waals surface area contributed by atoms with Crippen LogP contribution in [0.1, 0.15) is 11.1 Å². The molecule has 0 radical (unpaired) electrons. The van der Waals surface area contributed by atoms with Gasteiger partial charge in [-0.3, -0.25) is 9.59 Å². The van der Waals surface area contributed by atoms with E-state index in [1.165, 1.54) is 18.3 Å². The Hall–Kier alpha value is -2.86. The number of aromatic hydroxyl groups is 1. The fraction of sp³-hybridized carbons (Fsp3) is 0.0625. The number of halogens is 1. The SMILES string of the molecule is O=C(NCc1ccc(Cl)cc1)C(=O)N/N=C/c1cccc(O)c1. The van der Waals surface area contributed by atoms with Crippen LogP contribution in [0.4, 0.5) is 0 Å². The van der Waals surface area contributed by atoms with Crippen LogP contribution in [0.25, 0.3) is 0 Å². The van der Waals surface area contributed by atoms with Crippen LogP contribution < -0.4 is 10.7 Å². The number of carbonyl (C=O) groups excluding carboxylic acids is 2. The summed E-state index contributed by atoms with van der Waals surface area (Å²) in [5.41, 5.74) is 3.52. The minimum atomic E-state index is -0.879. The van der Waals surface area contributed by atoms with Crippen LogP contribution in [0.2, 0.25) is 5.02 Å². The molecule has 0 spiro atoms. The zero-order chi connectivity index (χ0) is 16.7. The molecule has 3 N–H and O–H groups in total. The van der Waals surface area contributed by atoms with Crippen molar-refractivity contribution in [2.45, 2.75) is 6.54 Å². The summed E-state index contributed by atoms with van der Waals surface area (Å²) in [6.45, 7) is 0.208. The van der Waals surface area contributed by atoms with Crippen molar-refractivity contribution in [1.29, 1.82) is 0 Å². The molecule has 0 atom stereocenters. The smallest absolute Gasteiger partial charge is 0.329 e. The van der Waals surface area contributed by atoms with Gasteiger partial charge >= 0.3 is 11.8 Å². The molecule has 0 heterocycles. The molecule has 2 rings (SSSR count). The third-order valence-corrected chi connectivity index (χ3v) is 3.07. The van der Waals surface area contributed by atoms with Gasteiger partial charge in [0, 0.05) is 11.6 Å². The maximum Gasteiger partial charge on any atom is 0.329 e. The first kappa shape index (κ1) is 16.5. The van der Waals surface area contributed by atoms with Crippen molar-refractivity contribution >= 4 is 29.6 Å². The number of benzene rings is 2. The molecule has 0 aliphatic heterocycles. The van der Waals surface area contributed by atoms with Gasteiger partial charge in [0.2, 0.25) is 0 Å². The Morgan fingerprint density at radius 2 is 1.87 bits per heavy atom. The molecule has 7 heteroatoms. The van der Waals surface area contributed by atoms with Crippen LogP contribution in [0.3, 0.4) is 0 Å². The quantitative estimate of drug-likeness (QED) is 0.453. The number of amides is 2. The number of rotatable bonds is 4. The number of phenols is 1. The van der Waals surface area contributed by atoms with Gasteiger partial charge in [-0.25, -0.2) is 5.43 Å². The van der Waals surface area contributed by atoms with Crippen molar-refractivity contribution in [2.75, 3.05) is 0 Å². The van der Waals surface area contributed by atoms with E-state index < -0.39 is 11.8 Å². The summed E-state index contributed by atoms with van der Waals surface area (Å²) < 4.78 is 0. The second-order valence-corrected chi connectivity index (χ2v) is 5.04. The molecule has 0 unspecified atom stereocenters. The maximum atomic E-state index is 11.6. The second kappa shape index (κ2) is 7.95. The Balaban J connectivity index is 1.80. The van der Waals surface area contributed by atoms with Crippen molar-refractivity contribution in [2.24, 2.45) is 5.10 Å². The molecule has 118 valence electrons. The minimum absolute atomic E-state index is 0.0842. The highest BCUT2D eigenvalue weighted by Crippen LogP contribution is 2.09. The Kier molecular flexibility index (Phi) is 5.71. The zero-order valence-electron chi connectivity index (χ0n) is 12.0. The van der Waals surface area contributed by atoms with Crippen molar-refractivity contribution in [3.05, 3.63) is 64.7 Å². The van der Waals surface area contributed by atoms with Gasteiger partial charge < -0.3 is 10.4 Å². The maximum absolute atomic E-state index is 11.6. The number of nitrogens with zero attached hydrogens (tertiary/aromatic N) is 1. The molecular weight excluding hydrogens is 318 g/mol. The summed E-state index contributed by atoms with van der Waals surface area (Å²) in [5.74, 6) is -1.59. The summed E-state index contributed by atoms with van der Waals surface area (Å²) in [6, 6.07) is 13.2. The highest BCUT2D eigenvalue weighted by atomic mass is 35.5. The van der Waals surface area contributed by atoms with E-state index in [1.807, 2.05) is 0 Å². The lowest BCUT2D eigenvalue weighted by Crippen LogP contribution is -2.37. The average Bonchev–Trinajstić information content (AvgIpc) is 2.54. The molecule has 0 aliphatic rings. The lowest BCUT2D eigenvalue weighted by molar-refractivity contribution is -0.139. The summed E-state index contributed by atoms with van der Waals surface area (Å²) in [7, 11) is 0. The highest BCUT2D eigenvalue weighted by molar-refractivity contribution is 6.35. The van der Waals surface area contributed by atoms with E-state index in [0.717, 1.165) is 5.56 Å². The van der Waals surface area contributed by atoms with Gasteiger partial charge in [-0.1, -0.05) is 35.9 Å². The van der Waals surface area contributed by atoms with E-state index in [0.29, 0.717) is 10.6 Å². The van der Waals surface area contributed by atoms with E-state index in [4.69, 9.17) is 11.6 Å². The lowest BCUT2D eigenvalue weighted by atomic mass is 10.2. The topological polar surface area (TPSA) is 90.8 Å². The fourth-order valence-corrected chi connectivity index (χ4v) is 1.81. The Bertz CT molecular complexity index is 730. The van der Waals surface area contributed by atoms with E-state index in [1.54, 1.807) is 36.4 Å². The highest BCUT2D eigenvalue weighted by Gasteiger charge is 2.11. The number of nitrogens with one attached hydrogen (secondary N) is 2. The van der Waals surface area contributed by atoms with Crippen LogP contribution in [0.15, 0.2) is 53.6 Å². The molecular formula is C16H14ClN3O3. The first-order valence-electron chi connectivity index (χ1n) is 6.69. The van der Waals surface area contributed by atoms with Gasteiger partial charge in [-0.2, -0.15) is 5.10 Å². The first-order chi connectivity index (χ1) is 11.0. The van der Waals surface area contributed by atoms with Crippen molar-refractivity contribution in [1.82, 2.24) is 10.7 Å². The molecule has 6 nitrogen and oxygen atoms in total. The van der Waals surface area contributed by atoms with Gasteiger partial charge in [-0.15, -0.1) is 0 Å². The number of hydrogen-bond donors (Lipinski definition) is 3. The molecule has 23 heavy (non-hydrogen) atoms. The van der Waals surface area contributed by atoms with Gasteiger partial charge in [0.15, 0.2) is 0 Å². The van der Waals surface area contributed by atoms with Gasteiger partial charge in [0.05, 0.1) is 6.21 Å². The average molecular weight is 332 g/mol. The fourth-order valence-electron chi connectivity index (χ4n) is 1.69. The third-order valence-electron chi connectivity index (χ3n) is 2.82. The third kappa shape index (κ3) is 5.44. The Morgan fingerprint density at radius 3 is 2.57 bits per heavy atom. The number of carbonyl (C=O) groups is 2. The Labute approximate surface area is 137 Å². The molecule has 2 amide bonds. The van der Waals surface area contributed by atoms with Crippen molar-refractivity contribution < 1.29 is 14.7 Å². The second-order valence-electron chi connectivity index (χ2n) is 4.60. The molecule has 0 aliphatic carbocycles. The van der Waals surface area contributed by atoms with E-state index in [2.05, 4.69) is 15.8 Å². The molecule has 0 aromatic heterocycles. The van der Waals surface area contributed by atoms with Crippen LogP contribution >= 0.6 is 11.6 Å². The summed E-state index contributed by atoms with van der Waals surface area (Å²) in [4.78, 5) is 23.2. The predicted octanol–water partition coefficient (Wildman–Crippen LogP) is 1.81. The molecule has 0 saturated carbocycles. The summed E-state index contributed by atoms with van der Waals surface area (Å²) >= 11 is 5.76. The van der Waals surface area contributed by atoms with Crippen LogP contribution in [-0.2, 0) is 16.1 Å². The minimum Gasteiger partial charge on any atom is -0.508 e. The molecule has 2 aromatic rings. The number of hydrazone groups is 1. The van der Waals surface area contributed by atoms with E-state index in [-0.39, 0.29) is 12.3 Å². The lowest BCUT2D eigenvalue weighted by Gasteiger charge is -2.04. The molecule has 0 fully saturated rings. The molecule has 2 aromatic carbocycles. The summed E-state index contributed by atoms with van der Waals surface area (Å²) in [6.07, 6.45) is 1.32. The van der Waals surface area contributed by atoms with Gasteiger partial charge in [-0.05, 0) is 35.4 Å². The molecule has 0 bridgehead atoms. The van der Waals surface area contributed by atoms with Crippen molar-refractivity contribution in [3.8, 4) is 5.75 Å². The van der Waals surface area contributed by atoms with E-state index >= 15 is 0 Å². The molecule has 0 saturated heterocycles. The predicted molar refractivity (Wildman–Crippen MR) is 87.1 cm³/mol. The van der Waals surface area contributed by atoms with Gasteiger partial charge in [0.25, 0.3) is 0 Å². The standard InChI is InChI=1S/C16H14ClN3O3/c17-13-6-4-11(5-7-13)9-18-15(22)16(23)20-19-10-12-2-1-3-14(21)8-12/h1-8,10,21H,9H2,(H,18,22)(H,20,23)/b19-10+. The largest absolute Gasteiger partial charge is 0.508 e. The van der Waals surface area contributed by atoms with Crippen LogP contribution in [0, 0.1) is 0 Å². The van der Waals surface area contributed by atoms with E-state index in [9.17, 15) is 14.7 Å². The Morgan fingerprint density at radius 1 is 1.13 bits per heavy atom. The normalized spacial score (nSPS) is 10.5. The van der Waals surface area contributed by atoms with Gasteiger partial charge in [0.1, 0.15) is 5.75 Å². The first-order valence-corrected chi connectivity index (χ1v) is 7.07. The number of hydrogen-bond acceptors (Lipinski definition) is 4. The monoisotopic (exact) mass is 331 g/mol. The van der Waals surface area contributed by atoms with Crippen LogP contribution in [0.5, 0.6) is 5.75 Å². The number of phenolic OH excluding ortho intramolecular Hbond substituents is 1. The summed E-state index contributed by atoms with van der Waals surface area (Å²) in [5, 5.41) is 16.0.